The standard InChI is InChI=1S/C12H18N2O3/c1-14(2)7-9-6-8(4-5-10(9)15)11(13)12(16)17-3/h4-6,11,15H,7,13H2,1-3H3. The first-order valence-electron chi connectivity index (χ1n) is 5.25. The van der Waals surface area contributed by atoms with E-state index in [0.717, 1.165) is 5.56 Å². The first kappa shape index (κ1) is 13.5. The average Bonchev–Trinajstić information content (AvgIpc) is 2.29. The van der Waals surface area contributed by atoms with Gasteiger partial charge >= 0.3 is 5.97 Å². The lowest BCUT2D eigenvalue weighted by molar-refractivity contribution is -0.142. The van der Waals surface area contributed by atoms with Crippen LogP contribution in [0.25, 0.3) is 0 Å². The molecule has 0 aliphatic rings. The van der Waals surface area contributed by atoms with Crippen LogP contribution in [0, 0.1) is 0 Å². The minimum Gasteiger partial charge on any atom is -0.508 e. The number of phenols is 1. The van der Waals surface area contributed by atoms with Gasteiger partial charge in [0.2, 0.25) is 0 Å². The van der Waals surface area contributed by atoms with Gasteiger partial charge in [0.1, 0.15) is 11.8 Å². The molecule has 1 aromatic rings. The molecule has 0 saturated carbocycles. The summed E-state index contributed by atoms with van der Waals surface area (Å²) in [5.41, 5.74) is 7.09. The number of methoxy groups -OCH3 is 1. The Bertz CT molecular complexity index is 405. The summed E-state index contributed by atoms with van der Waals surface area (Å²) in [5.74, 6) is -0.300. The van der Waals surface area contributed by atoms with Crippen LogP contribution >= 0.6 is 0 Å². The molecule has 94 valence electrons. The van der Waals surface area contributed by atoms with Crippen molar-refractivity contribution in [3.05, 3.63) is 29.3 Å². The largest absolute Gasteiger partial charge is 0.508 e. The van der Waals surface area contributed by atoms with E-state index in [1.807, 2.05) is 19.0 Å². The highest BCUT2D eigenvalue weighted by molar-refractivity contribution is 5.77. The topological polar surface area (TPSA) is 75.8 Å². The molecule has 0 bridgehead atoms. The fourth-order valence-electron chi connectivity index (χ4n) is 1.53. The highest BCUT2D eigenvalue weighted by atomic mass is 16.5. The monoisotopic (exact) mass is 238 g/mol. The van der Waals surface area contributed by atoms with Crippen LogP contribution in [0.3, 0.4) is 0 Å². The zero-order valence-corrected chi connectivity index (χ0v) is 10.3. The van der Waals surface area contributed by atoms with Crippen molar-refractivity contribution in [3.8, 4) is 5.75 Å². The molecule has 17 heavy (non-hydrogen) atoms. The van der Waals surface area contributed by atoms with E-state index < -0.39 is 12.0 Å². The van der Waals surface area contributed by atoms with Crippen molar-refractivity contribution in [2.75, 3.05) is 21.2 Å². The first-order chi connectivity index (χ1) is 7.95. The van der Waals surface area contributed by atoms with Gasteiger partial charge in [-0.05, 0) is 31.8 Å². The Hall–Kier alpha value is -1.59. The number of hydrogen-bond donors (Lipinski definition) is 2. The molecular formula is C12H18N2O3. The number of nitrogens with zero attached hydrogens (tertiary/aromatic N) is 1. The Labute approximate surface area is 101 Å². The number of nitrogens with two attached hydrogens (primary N) is 1. The summed E-state index contributed by atoms with van der Waals surface area (Å²) in [7, 11) is 5.09. The quantitative estimate of drug-likeness (QED) is 0.752. The van der Waals surface area contributed by atoms with E-state index in [9.17, 15) is 9.90 Å². The SMILES string of the molecule is COC(=O)C(N)c1ccc(O)c(CN(C)C)c1. The zero-order chi connectivity index (χ0) is 13.0. The molecule has 0 aromatic heterocycles. The minimum atomic E-state index is -0.818. The molecule has 1 unspecified atom stereocenters. The molecule has 1 aromatic carbocycles. The van der Waals surface area contributed by atoms with Gasteiger partial charge in [0.05, 0.1) is 7.11 Å². The summed E-state index contributed by atoms with van der Waals surface area (Å²) in [6.07, 6.45) is 0. The predicted molar refractivity (Wildman–Crippen MR) is 64.4 cm³/mol. The summed E-state index contributed by atoms with van der Waals surface area (Å²) >= 11 is 0. The molecule has 0 fully saturated rings. The Morgan fingerprint density at radius 1 is 1.53 bits per heavy atom. The number of hydrogen-bond acceptors (Lipinski definition) is 5. The van der Waals surface area contributed by atoms with Gasteiger partial charge in [0.25, 0.3) is 0 Å². The second-order valence-electron chi connectivity index (χ2n) is 4.13. The van der Waals surface area contributed by atoms with Crippen LogP contribution in [0.4, 0.5) is 0 Å². The molecule has 5 nitrogen and oxygen atoms in total. The summed E-state index contributed by atoms with van der Waals surface area (Å²) in [6, 6.07) is 4.06. The van der Waals surface area contributed by atoms with Crippen LogP contribution in [-0.2, 0) is 16.1 Å². The third-order valence-electron chi connectivity index (χ3n) is 2.40. The van der Waals surface area contributed by atoms with E-state index >= 15 is 0 Å². The normalized spacial score (nSPS) is 12.5. The molecule has 3 N–H and O–H groups in total. The summed E-state index contributed by atoms with van der Waals surface area (Å²) in [6.45, 7) is 0.577. The molecule has 0 saturated heterocycles. The molecule has 5 heteroatoms. The minimum absolute atomic E-state index is 0.194. The van der Waals surface area contributed by atoms with E-state index in [4.69, 9.17) is 5.73 Å². The van der Waals surface area contributed by atoms with Gasteiger partial charge < -0.3 is 20.5 Å². The van der Waals surface area contributed by atoms with Crippen LogP contribution in [0.1, 0.15) is 17.2 Å². The lowest BCUT2D eigenvalue weighted by Gasteiger charge is -2.15. The van der Waals surface area contributed by atoms with Crippen LogP contribution in [0.2, 0.25) is 0 Å². The van der Waals surface area contributed by atoms with Gasteiger partial charge in [0.15, 0.2) is 0 Å². The second kappa shape index (κ2) is 5.65. The van der Waals surface area contributed by atoms with E-state index in [0.29, 0.717) is 12.1 Å². The Morgan fingerprint density at radius 3 is 2.71 bits per heavy atom. The predicted octanol–water partition coefficient (Wildman–Crippen LogP) is 0.627. The molecule has 0 heterocycles. The molecular weight excluding hydrogens is 220 g/mol. The number of ether oxygens (including phenoxy) is 1. The van der Waals surface area contributed by atoms with Crippen LogP contribution in [-0.4, -0.2) is 37.2 Å². The molecule has 0 radical (unpaired) electrons. The molecule has 0 aliphatic heterocycles. The number of carbonyl (C=O) groups excluding carboxylic acids is 1. The van der Waals surface area contributed by atoms with Gasteiger partial charge in [-0.3, -0.25) is 4.79 Å². The number of esters is 1. The second-order valence-corrected chi connectivity index (χ2v) is 4.13. The molecule has 0 spiro atoms. The van der Waals surface area contributed by atoms with E-state index in [1.54, 1.807) is 12.1 Å². The summed E-state index contributed by atoms with van der Waals surface area (Å²) < 4.78 is 4.58. The van der Waals surface area contributed by atoms with Gasteiger partial charge in [0, 0.05) is 12.1 Å². The molecule has 0 amide bonds. The summed E-state index contributed by atoms with van der Waals surface area (Å²) in [5, 5.41) is 9.68. The fourth-order valence-corrected chi connectivity index (χ4v) is 1.53. The van der Waals surface area contributed by atoms with Gasteiger partial charge in [-0.1, -0.05) is 6.07 Å². The van der Waals surface area contributed by atoms with E-state index in [-0.39, 0.29) is 5.75 Å². The number of phenolic OH excluding ortho intramolecular Hbond substituents is 1. The lowest BCUT2D eigenvalue weighted by atomic mass is 10.0. The average molecular weight is 238 g/mol. The number of rotatable bonds is 4. The van der Waals surface area contributed by atoms with Crippen molar-refractivity contribution in [3.63, 3.8) is 0 Å². The Balaban J connectivity index is 2.99. The molecule has 0 aliphatic carbocycles. The van der Waals surface area contributed by atoms with E-state index in [2.05, 4.69) is 4.74 Å². The lowest BCUT2D eigenvalue weighted by Crippen LogP contribution is -2.23. The van der Waals surface area contributed by atoms with Gasteiger partial charge in [-0.25, -0.2) is 0 Å². The Kier molecular flexibility index (Phi) is 4.48. The third kappa shape index (κ3) is 3.44. The number of carbonyl (C=O) groups is 1. The van der Waals surface area contributed by atoms with Crippen molar-refractivity contribution in [1.29, 1.82) is 0 Å². The molecule has 1 rings (SSSR count). The zero-order valence-electron chi connectivity index (χ0n) is 10.3. The van der Waals surface area contributed by atoms with Crippen molar-refractivity contribution in [1.82, 2.24) is 4.90 Å². The van der Waals surface area contributed by atoms with Crippen LogP contribution in [0.15, 0.2) is 18.2 Å². The highest BCUT2D eigenvalue weighted by Gasteiger charge is 2.17. The Morgan fingerprint density at radius 2 is 2.18 bits per heavy atom. The van der Waals surface area contributed by atoms with E-state index in [1.165, 1.54) is 13.2 Å². The van der Waals surface area contributed by atoms with Gasteiger partial charge in [-0.15, -0.1) is 0 Å². The highest BCUT2D eigenvalue weighted by Crippen LogP contribution is 2.23. The maximum Gasteiger partial charge on any atom is 0.327 e. The van der Waals surface area contributed by atoms with Crippen molar-refractivity contribution in [2.24, 2.45) is 5.73 Å². The van der Waals surface area contributed by atoms with Crippen molar-refractivity contribution in [2.45, 2.75) is 12.6 Å². The first-order valence-corrected chi connectivity index (χ1v) is 5.25. The maximum atomic E-state index is 11.3. The van der Waals surface area contributed by atoms with Gasteiger partial charge in [-0.2, -0.15) is 0 Å². The van der Waals surface area contributed by atoms with Crippen LogP contribution in [0.5, 0.6) is 5.75 Å². The fraction of sp³-hybridized carbons (Fsp3) is 0.417. The van der Waals surface area contributed by atoms with Crippen molar-refractivity contribution < 1.29 is 14.6 Å². The van der Waals surface area contributed by atoms with Crippen LogP contribution < -0.4 is 5.73 Å². The van der Waals surface area contributed by atoms with Crippen molar-refractivity contribution >= 4 is 5.97 Å². The smallest absolute Gasteiger partial charge is 0.327 e. The molecule has 1 atom stereocenters. The summed E-state index contributed by atoms with van der Waals surface area (Å²) in [4.78, 5) is 13.2. The third-order valence-corrected chi connectivity index (χ3v) is 2.40. The number of benzene rings is 1. The number of aromatic hydroxyl groups is 1. The maximum absolute atomic E-state index is 11.3.